The van der Waals surface area contributed by atoms with Gasteiger partial charge in [0.25, 0.3) is 0 Å². The largest absolute Gasteiger partial charge is 0.311 e. The predicted molar refractivity (Wildman–Crippen MR) is 70.7 cm³/mol. The van der Waals surface area contributed by atoms with E-state index in [1.807, 2.05) is 17.9 Å². The number of nitrogens with zero attached hydrogens (tertiary/aromatic N) is 2. The summed E-state index contributed by atoms with van der Waals surface area (Å²) >= 11 is 0. The van der Waals surface area contributed by atoms with E-state index in [4.69, 9.17) is 0 Å². The van der Waals surface area contributed by atoms with Gasteiger partial charge in [-0.3, -0.25) is 4.68 Å². The third-order valence-corrected chi connectivity index (χ3v) is 4.43. The summed E-state index contributed by atoms with van der Waals surface area (Å²) in [6.07, 6.45) is 8.76. The van der Waals surface area contributed by atoms with Gasteiger partial charge < -0.3 is 5.32 Å². The second-order valence-corrected chi connectivity index (χ2v) is 5.34. The summed E-state index contributed by atoms with van der Waals surface area (Å²) in [5.74, 6) is 1.74. The Hall–Kier alpha value is -0.830. The Morgan fingerprint density at radius 2 is 2.12 bits per heavy atom. The van der Waals surface area contributed by atoms with Crippen molar-refractivity contribution < 1.29 is 0 Å². The highest BCUT2D eigenvalue weighted by molar-refractivity contribution is 5.08. The Bertz CT molecular complexity index is 337. The highest BCUT2D eigenvalue weighted by Crippen LogP contribution is 2.37. The van der Waals surface area contributed by atoms with Crippen molar-refractivity contribution in [2.45, 2.75) is 45.1 Å². The molecule has 1 heterocycles. The van der Waals surface area contributed by atoms with Gasteiger partial charge >= 0.3 is 0 Å². The molecule has 1 saturated carbocycles. The van der Waals surface area contributed by atoms with E-state index in [2.05, 4.69) is 30.5 Å². The summed E-state index contributed by atoms with van der Waals surface area (Å²) in [4.78, 5) is 0. The zero-order chi connectivity index (χ0) is 12.3. The van der Waals surface area contributed by atoms with Crippen LogP contribution < -0.4 is 5.32 Å². The molecule has 1 unspecified atom stereocenters. The van der Waals surface area contributed by atoms with Crippen molar-refractivity contribution in [1.82, 2.24) is 15.1 Å². The van der Waals surface area contributed by atoms with Crippen LogP contribution in [0.5, 0.6) is 0 Å². The zero-order valence-electron chi connectivity index (χ0n) is 11.3. The molecule has 0 amide bonds. The highest BCUT2D eigenvalue weighted by Gasteiger charge is 2.28. The first-order valence-corrected chi connectivity index (χ1v) is 6.91. The van der Waals surface area contributed by atoms with Crippen molar-refractivity contribution in [2.75, 3.05) is 7.05 Å². The Morgan fingerprint density at radius 1 is 1.41 bits per heavy atom. The van der Waals surface area contributed by atoms with Gasteiger partial charge in [-0.15, -0.1) is 0 Å². The molecule has 0 spiro atoms. The van der Waals surface area contributed by atoms with E-state index in [1.165, 1.54) is 37.8 Å². The molecule has 0 aliphatic heterocycles. The van der Waals surface area contributed by atoms with E-state index in [0.29, 0.717) is 6.04 Å². The van der Waals surface area contributed by atoms with Gasteiger partial charge in [0.15, 0.2) is 0 Å². The molecule has 0 bridgehead atoms. The monoisotopic (exact) mass is 235 g/mol. The molecule has 3 nitrogen and oxygen atoms in total. The average molecular weight is 235 g/mol. The van der Waals surface area contributed by atoms with Crippen LogP contribution in [0.15, 0.2) is 12.3 Å². The van der Waals surface area contributed by atoms with Crippen LogP contribution in [0.3, 0.4) is 0 Å². The fourth-order valence-electron chi connectivity index (χ4n) is 3.24. The Kier molecular flexibility index (Phi) is 4.21. The van der Waals surface area contributed by atoms with E-state index >= 15 is 0 Å². The number of rotatable bonds is 4. The summed E-state index contributed by atoms with van der Waals surface area (Å²) in [7, 11) is 4.11. The Labute approximate surface area is 105 Å². The number of aromatic nitrogens is 2. The lowest BCUT2D eigenvalue weighted by molar-refractivity contribution is 0.219. The summed E-state index contributed by atoms with van der Waals surface area (Å²) < 4.78 is 2.01. The molecule has 1 fully saturated rings. The number of nitrogens with one attached hydrogen (secondary N) is 1. The molecule has 0 saturated heterocycles. The molecular formula is C14H25N3. The van der Waals surface area contributed by atoms with Crippen molar-refractivity contribution >= 4 is 0 Å². The smallest absolute Gasteiger partial charge is 0.0553 e. The van der Waals surface area contributed by atoms with Crippen LogP contribution in [0.1, 0.15) is 50.8 Å². The minimum atomic E-state index is 0.473. The second kappa shape index (κ2) is 5.67. The second-order valence-electron chi connectivity index (χ2n) is 5.34. The van der Waals surface area contributed by atoms with E-state index in [0.717, 1.165) is 11.8 Å². The van der Waals surface area contributed by atoms with Gasteiger partial charge in [0.05, 0.1) is 11.7 Å². The summed E-state index contributed by atoms with van der Waals surface area (Å²) in [6, 6.07) is 2.62. The van der Waals surface area contributed by atoms with Crippen LogP contribution in [0.25, 0.3) is 0 Å². The first kappa shape index (κ1) is 12.6. The van der Waals surface area contributed by atoms with Crippen LogP contribution in [-0.4, -0.2) is 16.8 Å². The SMILES string of the molecule is CCC1CCC(C(NC)c2ccnn2C)CC1. The molecular weight excluding hydrogens is 210 g/mol. The minimum Gasteiger partial charge on any atom is -0.311 e. The molecule has 1 N–H and O–H groups in total. The van der Waals surface area contributed by atoms with Gasteiger partial charge in [0, 0.05) is 13.2 Å². The summed E-state index contributed by atoms with van der Waals surface area (Å²) in [6.45, 7) is 2.32. The maximum Gasteiger partial charge on any atom is 0.0553 e. The van der Waals surface area contributed by atoms with E-state index in [9.17, 15) is 0 Å². The average Bonchev–Trinajstić information content (AvgIpc) is 2.78. The molecule has 1 aromatic rings. The predicted octanol–water partition coefficient (Wildman–Crippen LogP) is 2.90. The van der Waals surface area contributed by atoms with Gasteiger partial charge in [-0.05, 0) is 37.8 Å². The highest BCUT2D eigenvalue weighted by atomic mass is 15.3. The van der Waals surface area contributed by atoms with Crippen LogP contribution in [0.2, 0.25) is 0 Å². The minimum absolute atomic E-state index is 0.473. The molecule has 1 aliphatic rings. The van der Waals surface area contributed by atoms with Crippen molar-refractivity contribution in [1.29, 1.82) is 0 Å². The molecule has 0 radical (unpaired) electrons. The Balaban J connectivity index is 2.03. The molecule has 2 rings (SSSR count). The van der Waals surface area contributed by atoms with Crippen LogP contribution in [0.4, 0.5) is 0 Å². The number of hydrogen-bond acceptors (Lipinski definition) is 2. The molecule has 3 heteroatoms. The topological polar surface area (TPSA) is 29.9 Å². The van der Waals surface area contributed by atoms with Crippen molar-refractivity contribution in [3.63, 3.8) is 0 Å². The normalized spacial score (nSPS) is 27.0. The zero-order valence-corrected chi connectivity index (χ0v) is 11.3. The lowest BCUT2D eigenvalue weighted by Crippen LogP contribution is -2.30. The molecule has 96 valence electrons. The standard InChI is InChI=1S/C14H25N3/c1-4-11-5-7-12(8-6-11)14(15-2)13-9-10-16-17(13)3/h9-12,14-15H,4-8H2,1-3H3. The summed E-state index contributed by atoms with van der Waals surface area (Å²) in [5.41, 5.74) is 1.33. The van der Waals surface area contributed by atoms with E-state index < -0.39 is 0 Å². The first-order valence-electron chi connectivity index (χ1n) is 6.91. The molecule has 0 aromatic carbocycles. The van der Waals surface area contributed by atoms with Crippen LogP contribution >= 0.6 is 0 Å². The fraction of sp³-hybridized carbons (Fsp3) is 0.786. The van der Waals surface area contributed by atoms with E-state index in [1.54, 1.807) is 0 Å². The van der Waals surface area contributed by atoms with Gasteiger partial charge in [-0.2, -0.15) is 5.10 Å². The van der Waals surface area contributed by atoms with E-state index in [-0.39, 0.29) is 0 Å². The van der Waals surface area contributed by atoms with Gasteiger partial charge in [0.2, 0.25) is 0 Å². The molecule has 1 atom stereocenters. The maximum atomic E-state index is 4.29. The lowest BCUT2D eigenvalue weighted by atomic mass is 9.77. The van der Waals surface area contributed by atoms with Gasteiger partial charge in [0.1, 0.15) is 0 Å². The van der Waals surface area contributed by atoms with Gasteiger partial charge in [-0.1, -0.05) is 26.2 Å². The Morgan fingerprint density at radius 3 is 2.59 bits per heavy atom. The van der Waals surface area contributed by atoms with Crippen molar-refractivity contribution in [2.24, 2.45) is 18.9 Å². The summed E-state index contributed by atoms with van der Waals surface area (Å²) in [5, 5.41) is 7.78. The maximum absolute atomic E-state index is 4.29. The van der Waals surface area contributed by atoms with Crippen molar-refractivity contribution in [3.05, 3.63) is 18.0 Å². The van der Waals surface area contributed by atoms with Gasteiger partial charge in [-0.25, -0.2) is 0 Å². The number of aryl methyl sites for hydroxylation is 1. The third-order valence-electron chi connectivity index (χ3n) is 4.43. The quantitative estimate of drug-likeness (QED) is 0.869. The molecule has 1 aromatic heterocycles. The van der Waals surface area contributed by atoms with Crippen LogP contribution in [-0.2, 0) is 7.05 Å². The fourth-order valence-corrected chi connectivity index (χ4v) is 3.24. The molecule has 1 aliphatic carbocycles. The molecule has 17 heavy (non-hydrogen) atoms. The van der Waals surface area contributed by atoms with Crippen LogP contribution in [0, 0.1) is 11.8 Å². The first-order chi connectivity index (χ1) is 8.26. The lowest BCUT2D eigenvalue weighted by Gasteiger charge is -2.33. The third kappa shape index (κ3) is 2.71. The van der Waals surface area contributed by atoms with Crippen molar-refractivity contribution in [3.8, 4) is 0 Å². The number of hydrogen-bond donors (Lipinski definition) is 1.